The maximum Gasteiger partial charge on any atom is 0.326 e. The lowest BCUT2D eigenvalue weighted by Crippen LogP contribution is -2.31. The molecule has 0 saturated heterocycles. The van der Waals surface area contributed by atoms with E-state index in [1.54, 1.807) is 0 Å². The van der Waals surface area contributed by atoms with E-state index in [2.05, 4.69) is 15.5 Å². The molecule has 0 fully saturated rings. The van der Waals surface area contributed by atoms with E-state index in [0.717, 1.165) is 0 Å². The van der Waals surface area contributed by atoms with Crippen molar-refractivity contribution in [2.24, 2.45) is 5.73 Å². The van der Waals surface area contributed by atoms with Crippen molar-refractivity contribution in [2.75, 3.05) is 19.0 Å². The van der Waals surface area contributed by atoms with Gasteiger partial charge in [0.05, 0.1) is 0 Å². The summed E-state index contributed by atoms with van der Waals surface area (Å²) in [5.74, 6) is -1.46. The Hall–Kier alpha value is -2.22. The molecule has 1 aromatic rings. The highest BCUT2D eigenvalue weighted by molar-refractivity contribution is 5.90. The monoisotopic (exact) mass is 254 g/mol. The van der Waals surface area contributed by atoms with Crippen molar-refractivity contribution in [3.8, 4) is 0 Å². The highest BCUT2D eigenvalue weighted by atomic mass is 16.5. The summed E-state index contributed by atoms with van der Waals surface area (Å²) in [5, 5.41) is 18.9. The summed E-state index contributed by atoms with van der Waals surface area (Å²) >= 11 is 0. The van der Waals surface area contributed by atoms with Crippen molar-refractivity contribution in [1.29, 1.82) is 0 Å². The van der Waals surface area contributed by atoms with Gasteiger partial charge >= 0.3 is 5.97 Å². The van der Waals surface area contributed by atoms with Crippen LogP contribution in [0, 0.1) is 0 Å². The topological polar surface area (TPSA) is 127 Å². The van der Waals surface area contributed by atoms with Crippen molar-refractivity contribution in [2.45, 2.75) is 12.5 Å². The van der Waals surface area contributed by atoms with Crippen LogP contribution in [0.2, 0.25) is 0 Å². The number of aliphatic carboxylic acids is 1. The number of nitrogens with zero attached hydrogens (tertiary/aromatic N) is 2. The minimum absolute atomic E-state index is 0.0179. The highest BCUT2D eigenvalue weighted by Gasteiger charge is 2.17. The van der Waals surface area contributed by atoms with Gasteiger partial charge in [0.1, 0.15) is 11.9 Å². The number of primary amides is 1. The average molecular weight is 254 g/mol. The van der Waals surface area contributed by atoms with Gasteiger partial charge in [-0.15, -0.1) is 10.2 Å². The molecule has 1 unspecified atom stereocenters. The number of amides is 1. The minimum atomic E-state index is -1.02. The first kappa shape index (κ1) is 13.8. The average Bonchev–Trinajstić information content (AvgIpc) is 2.34. The molecule has 1 rings (SSSR count). The predicted octanol–water partition coefficient (Wildman–Crippen LogP) is -0.523. The Bertz CT molecular complexity index is 420. The van der Waals surface area contributed by atoms with E-state index < -0.39 is 17.9 Å². The molecule has 1 atom stereocenters. The van der Waals surface area contributed by atoms with E-state index in [-0.39, 0.29) is 17.9 Å². The van der Waals surface area contributed by atoms with Crippen molar-refractivity contribution in [1.82, 2.24) is 10.2 Å². The van der Waals surface area contributed by atoms with Crippen LogP contribution >= 0.6 is 0 Å². The van der Waals surface area contributed by atoms with Gasteiger partial charge in [-0.2, -0.15) is 0 Å². The van der Waals surface area contributed by atoms with Gasteiger partial charge in [-0.25, -0.2) is 4.79 Å². The van der Waals surface area contributed by atoms with Crippen LogP contribution in [0.4, 0.5) is 5.82 Å². The zero-order chi connectivity index (χ0) is 13.5. The first-order valence-electron chi connectivity index (χ1n) is 5.16. The van der Waals surface area contributed by atoms with Crippen LogP contribution in [-0.4, -0.2) is 46.9 Å². The van der Waals surface area contributed by atoms with E-state index in [4.69, 9.17) is 15.6 Å². The second-order valence-corrected chi connectivity index (χ2v) is 3.48. The first-order chi connectivity index (χ1) is 8.54. The lowest BCUT2D eigenvalue weighted by molar-refractivity contribution is -0.138. The molecule has 8 heteroatoms. The molecule has 1 amide bonds. The molecule has 0 spiro atoms. The Morgan fingerprint density at radius 3 is 2.67 bits per heavy atom. The number of carboxylic acid groups (broad SMARTS) is 1. The molecule has 18 heavy (non-hydrogen) atoms. The number of aromatic nitrogens is 2. The number of hydrogen-bond acceptors (Lipinski definition) is 6. The van der Waals surface area contributed by atoms with Gasteiger partial charge in [-0.05, 0) is 12.1 Å². The second kappa shape index (κ2) is 6.50. The predicted molar refractivity (Wildman–Crippen MR) is 62.1 cm³/mol. The molecule has 1 aromatic heterocycles. The number of rotatable bonds is 7. The number of ether oxygens (including phenoxy) is 1. The van der Waals surface area contributed by atoms with E-state index in [9.17, 15) is 9.59 Å². The van der Waals surface area contributed by atoms with E-state index in [1.807, 2.05) is 0 Å². The summed E-state index contributed by atoms with van der Waals surface area (Å²) in [4.78, 5) is 21.7. The van der Waals surface area contributed by atoms with Crippen LogP contribution in [0.1, 0.15) is 16.9 Å². The number of methoxy groups -OCH3 is 1. The molecule has 0 aromatic carbocycles. The van der Waals surface area contributed by atoms with E-state index in [0.29, 0.717) is 6.61 Å². The molecule has 0 aliphatic carbocycles. The molecule has 98 valence electrons. The molecule has 0 bridgehead atoms. The van der Waals surface area contributed by atoms with Gasteiger partial charge in [0.2, 0.25) is 0 Å². The molecular weight excluding hydrogens is 240 g/mol. The normalized spacial score (nSPS) is 11.8. The summed E-state index contributed by atoms with van der Waals surface area (Å²) in [6.07, 6.45) is 0.283. The van der Waals surface area contributed by atoms with E-state index >= 15 is 0 Å². The molecular formula is C10H14N4O4. The Morgan fingerprint density at radius 1 is 1.50 bits per heavy atom. The van der Waals surface area contributed by atoms with Crippen LogP contribution in [0.3, 0.4) is 0 Å². The third-order valence-electron chi connectivity index (χ3n) is 2.15. The fourth-order valence-corrected chi connectivity index (χ4v) is 1.21. The highest BCUT2D eigenvalue weighted by Crippen LogP contribution is 2.06. The third kappa shape index (κ3) is 3.98. The molecule has 0 radical (unpaired) electrons. The van der Waals surface area contributed by atoms with Gasteiger partial charge in [-0.3, -0.25) is 4.79 Å². The molecule has 8 nitrogen and oxygen atoms in total. The van der Waals surface area contributed by atoms with Crippen LogP contribution in [0.15, 0.2) is 12.1 Å². The minimum Gasteiger partial charge on any atom is -0.480 e. The lowest BCUT2D eigenvalue weighted by atomic mass is 10.2. The fraction of sp³-hybridized carbons (Fsp3) is 0.400. The van der Waals surface area contributed by atoms with Crippen molar-refractivity contribution < 1.29 is 19.4 Å². The van der Waals surface area contributed by atoms with Crippen LogP contribution in [-0.2, 0) is 9.53 Å². The lowest BCUT2D eigenvalue weighted by Gasteiger charge is -2.13. The Balaban J connectivity index is 2.68. The smallest absolute Gasteiger partial charge is 0.326 e. The van der Waals surface area contributed by atoms with Crippen molar-refractivity contribution >= 4 is 17.7 Å². The van der Waals surface area contributed by atoms with Gasteiger partial charge in [0.25, 0.3) is 5.91 Å². The van der Waals surface area contributed by atoms with Crippen LogP contribution < -0.4 is 11.1 Å². The van der Waals surface area contributed by atoms with Gasteiger partial charge in [0.15, 0.2) is 5.69 Å². The number of carbonyl (C=O) groups is 2. The van der Waals surface area contributed by atoms with E-state index in [1.165, 1.54) is 19.2 Å². The van der Waals surface area contributed by atoms with Gasteiger partial charge in [-0.1, -0.05) is 0 Å². The quantitative estimate of drug-likeness (QED) is 0.597. The standard InChI is InChI=1S/C10H14N4O4/c1-18-5-4-7(10(16)17)12-8-3-2-6(9(11)15)13-14-8/h2-3,7H,4-5H2,1H3,(H2,11,15)(H,12,14)(H,16,17). The van der Waals surface area contributed by atoms with Gasteiger partial charge in [0, 0.05) is 20.1 Å². The summed E-state index contributed by atoms with van der Waals surface area (Å²) < 4.78 is 4.81. The number of anilines is 1. The van der Waals surface area contributed by atoms with Crippen LogP contribution in [0.25, 0.3) is 0 Å². The molecule has 4 N–H and O–H groups in total. The number of carboxylic acids is 1. The number of nitrogens with two attached hydrogens (primary N) is 1. The summed E-state index contributed by atoms with van der Waals surface area (Å²) in [5.41, 5.74) is 5.02. The van der Waals surface area contributed by atoms with Crippen LogP contribution in [0.5, 0.6) is 0 Å². The SMILES string of the molecule is COCCC(Nc1ccc(C(N)=O)nn1)C(=O)O. The zero-order valence-electron chi connectivity index (χ0n) is 9.79. The van der Waals surface area contributed by atoms with Crippen molar-refractivity contribution in [3.05, 3.63) is 17.8 Å². The summed E-state index contributed by atoms with van der Waals surface area (Å²) in [7, 11) is 1.49. The second-order valence-electron chi connectivity index (χ2n) is 3.48. The summed E-state index contributed by atoms with van der Waals surface area (Å²) in [6, 6.07) is 1.97. The molecule has 1 heterocycles. The van der Waals surface area contributed by atoms with Crippen molar-refractivity contribution in [3.63, 3.8) is 0 Å². The molecule has 0 aliphatic heterocycles. The Morgan fingerprint density at radius 2 is 2.22 bits per heavy atom. The third-order valence-corrected chi connectivity index (χ3v) is 2.15. The maximum atomic E-state index is 10.9. The number of nitrogens with one attached hydrogen (secondary N) is 1. The Kier molecular flexibility index (Phi) is 5.00. The maximum absolute atomic E-state index is 10.9. The molecule has 0 aliphatic rings. The largest absolute Gasteiger partial charge is 0.480 e. The van der Waals surface area contributed by atoms with Gasteiger partial charge < -0.3 is 20.9 Å². The fourth-order valence-electron chi connectivity index (χ4n) is 1.21. The number of hydrogen-bond donors (Lipinski definition) is 3. The molecule has 0 saturated carbocycles. The zero-order valence-corrected chi connectivity index (χ0v) is 9.79. The summed E-state index contributed by atoms with van der Waals surface area (Å²) in [6.45, 7) is 0.302. The Labute approximate surface area is 103 Å². The first-order valence-corrected chi connectivity index (χ1v) is 5.16. The number of carbonyl (C=O) groups excluding carboxylic acids is 1.